The second-order valence-corrected chi connectivity index (χ2v) is 7.29. The molecule has 2 aromatic rings. The first-order valence-electron chi connectivity index (χ1n) is 9.35. The number of rotatable bonds is 3. The molecule has 1 N–H and O–H groups in total. The molecule has 0 aliphatic carbocycles. The molecule has 1 fully saturated rings. The van der Waals surface area contributed by atoms with Crippen molar-refractivity contribution in [3.05, 3.63) is 65.2 Å². The third kappa shape index (κ3) is 2.73. The van der Waals surface area contributed by atoms with E-state index >= 15 is 0 Å². The van der Waals surface area contributed by atoms with Gasteiger partial charge in [0.15, 0.2) is 0 Å². The number of fused-ring (bicyclic) bond motifs is 3. The van der Waals surface area contributed by atoms with E-state index in [1.54, 1.807) is 0 Å². The second-order valence-electron chi connectivity index (χ2n) is 7.29. The first kappa shape index (κ1) is 15.7. The smallest absolute Gasteiger partial charge is 0.0895 e. The van der Waals surface area contributed by atoms with Gasteiger partial charge in [-0.15, -0.1) is 0 Å². The lowest BCUT2D eigenvalue weighted by Gasteiger charge is -2.43. The minimum absolute atomic E-state index is 0.226. The van der Waals surface area contributed by atoms with E-state index in [0.717, 1.165) is 13.0 Å². The number of nitrogens with one attached hydrogen (secondary N) is 1. The lowest BCUT2D eigenvalue weighted by molar-refractivity contribution is -0.0381. The highest BCUT2D eigenvalue weighted by atomic mass is 16.5. The van der Waals surface area contributed by atoms with Crippen molar-refractivity contribution in [2.75, 3.05) is 11.9 Å². The molecule has 2 nitrogen and oxygen atoms in total. The predicted octanol–water partition coefficient (Wildman–Crippen LogP) is 5.83. The van der Waals surface area contributed by atoms with E-state index in [-0.39, 0.29) is 6.10 Å². The minimum atomic E-state index is 0.226. The molecule has 0 radical (unpaired) electrons. The molecule has 4 rings (SSSR count). The van der Waals surface area contributed by atoms with E-state index in [2.05, 4.69) is 67.7 Å². The molecule has 0 saturated carbocycles. The van der Waals surface area contributed by atoms with Crippen LogP contribution < -0.4 is 5.32 Å². The van der Waals surface area contributed by atoms with Crippen molar-refractivity contribution in [3.8, 4) is 0 Å². The van der Waals surface area contributed by atoms with Crippen LogP contribution in [0.25, 0.3) is 0 Å². The third-order valence-electron chi connectivity index (χ3n) is 5.83. The number of anilines is 1. The van der Waals surface area contributed by atoms with Gasteiger partial charge >= 0.3 is 0 Å². The summed E-state index contributed by atoms with van der Waals surface area (Å²) in [5.41, 5.74) is 5.42. The van der Waals surface area contributed by atoms with E-state index < -0.39 is 0 Å². The maximum absolute atomic E-state index is 6.29. The van der Waals surface area contributed by atoms with Crippen LogP contribution in [-0.4, -0.2) is 6.61 Å². The van der Waals surface area contributed by atoms with Crippen molar-refractivity contribution >= 4 is 5.69 Å². The maximum atomic E-state index is 6.29. The zero-order chi connectivity index (χ0) is 16.5. The molecule has 24 heavy (non-hydrogen) atoms. The first-order chi connectivity index (χ1) is 11.8. The Labute approximate surface area is 145 Å². The molecule has 4 atom stereocenters. The second kappa shape index (κ2) is 6.60. The lowest BCUT2D eigenvalue weighted by Crippen LogP contribution is -2.36. The predicted molar refractivity (Wildman–Crippen MR) is 99.4 cm³/mol. The van der Waals surface area contributed by atoms with E-state index in [0.29, 0.717) is 17.9 Å². The van der Waals surface area contributed by atoms with Gasteiger partial charge in [0, 0.05) is 23.8 Å². The molecule has 2 heterocycles. The van der Waals surface area contributed by atoms with E-state index in [1.807, 2.05) is 0 Å². The van der Waals surface area contributed by atoms with Gasteiger partial charge in [-0.2, -0.15) is 0 Å². The molecule has 1 saturated heterocycles. The summed E-state index contributed by atoms with van der Waals surface area (Å²) in [4.78, 5) is 0. The van der Waals surface area contributed by atoms with Crippen molar-refractivity contribution in [2.45, 2.75) is 51.2 Å². The van der Waals surface area contributed by atoms with Crippen LogP contribution in [0.3, 0.4) is 0 Å². The molecule has 0 bridgehead atoms. The van der Waals surface area contributed by atoms with Crippen LogP contribution in [0.2, 0.25) is 0 Å². The van der Waals surface area contributed by atoms with Crippen LogP contribution in [0.1, 0.15) is 67.9 Å². The van der Waals surface area contributed by atoms with Crippen molar-refractivity contribution in [2.24, 2.45) is 5.92 Å². The van der Waals surface area contributed by atoms with E-state index in [4.69, 9.17) is 4.74 Å². The Bertz CT molecular complexity index is 696. The molecule has 2 heteroatoms. The largest absolute Gasteiger partial charge is 0.378 e. The molecule has 2 aromatic carbocycles. The Kier molecular flexibility index (Phi) is 4.32. The van der Waals surface area contributed by atoms with Crippen LogP contribution in [0.5, 0.6) is 0 Å². The Morgan fingerprint density at radius 1 is 1.17 bits per heavy atom. The molecule has 0 aromatic heterocycles. The van der Waals surface area contributed by atoms with Gasteiger partial charge in [-0.25, -0.2) is 0 Å². The Morgan fingerprint density at radius 3 is 2.79 bits per heavy atom. The van der Waals surface area contributed by atoms with Crippen LogP contribution in [-0.2, 0) is 4.74 Å². The zero-order valence-electron chi connectivity index (χ0n) is 14.7. The summed E-state index contributed by atoms with van der Waals surface area (Å²) < 4.78 is 6.29. The summed E-state index contributed by atoms with van der Waals surface area (Å²) >= 11 is 0. The molecule has 0 amide bonds. The number of hydrogen-bond acceptors (Lipinski definition) is 2. The van der Waals surface area contributed by atoms with Crippen molar-refractivity contribution < 1.29 is 4.74 Å². The molecule has 2 aliphatic rings. The standard InChI is InChI=1S/C22H27NO/c1-3-15(2)17-11-12-20-19(14-17)22-18(10-7-13-24-22)21(23-20)16-8-5-4-6-9-16/h4-6,8-9,11-12,14-15,18,21-23H,3,7,10,13H2,1-2H3. The van der Waals surface area contributed by atoms with Gasteiger partial charge in [-0.3, -0.25) is 0 Å². The summed E-state index contributed by atoms with van der Waals surface area (Å²) in [7, 11) is 0. The Hall–Kier alpha value is -1.80. The zero-order valence-corrected chi connectivity index (χ0v) is 14.7. The van der Waals surface area contributed by atoms with Gasteiger partial charge in [0.1, 0.15) is 0 Å². The normalized spacial score (nSPS) is 26.8. The summed E-state index contributed by atoms with van der Waals surface area (Å²) in [6.45, 7) is 5.45. The monoisotopic (exact) mass is 321 g/mol. The minimum Gasteiger partial charge on any atom is -0.378 e. The number of ether oxygens (including phenoxy) is 1. The van der Waals surface area contributed by atoms with Gasteiger partial charge in [0.05, 0.1) is 12.1 Å². The summed E-state index contributed by atoms with van der Waals surface area (Å²) in [5, 5.41) is 3.82. The highest BCUT2D eigenvalue weighted by Crippen LogP contribution is 2.49. The van der Waals surface area contributed by atoms with Gasteiger partial charge < -0.3 is 10.1 Å². The van der Waals surface area contributed by atoms with Gasteiger partial charge in [-0.1, -0.05) is 56.3 Å². The van der Waals surface area contributed by atoms with Crippen LogP contribution in [0.15, 0.2) is 48.5 Å². The van der Waals surface area contributed by atoms with Gasteiger partial charge in [0.25, 0.3) is 0 Å². The first-order valence-corrected chi connectivity index (χ1v) is 9.35. The van der Waals surface area contributed by atoms with Crippen LogP contribution >= 0.6 is 0 Å². The molecule has 0 spiro atoms. The highest BCUT2D eigenvalue weighted by Gasteiger charge is 2.39. The van der Waals surface area contributed by atoms with Gasteiger partial charge in [0.2, 0.25) is 0 Å². The maximum Gasteiger partial charge on any atom is 0.0895 e. The molecule has 2 aliphatic heterocycles. The summed E-state index contributed by atoms with van der Waals surface area (Å²) in [6.07, 6.45) is 3.79. The van der Waals surface area contributed by atoms with E-state index in [9.17, 15) is 0 Å². The lowest BCUT2D eigenvalue weighted by atomic mass is 9.77. The number of hydrogen-bond donors (Lipinski definition) is 1. The fraction of sp³-hybridized carbons (Fsp3) is 0.455. The summed E-state index contributed by atoms with van der Waals surface area (Å²) in [5.74, 6) is 1.12. The van der Waals surface area contributed by atoms with Crippen LogP contribution in [0.4, 0.5) is 5.69 Å². The van der Waals surface area contributed by atoms with Crippen molar-refractivity contribution in [1.82, 2.24) is 0 Å². The average Bonchev–Trinajstić information content (AvgIpc) is 2.67. The molecular weight excluding hydrogens is 294 g/mol. The topological polar surface area (TPSA) is 21.3 Å². The Morgan fingerprint density at radius 2 is 2.00 bits per heavy atom. The fourth-order valence-electron chi connectivity index (χ4n) is 4.22. The third-order valence-corrected chi connectivity index (χ3v) is 5.83. The van der Waals surface area contributed by atoms with E-state index in [1.165, 1.54) is 35.2 Å². The SMILES string of the molecule is CCC(C)c1ccc2c(c1)C1OCCCC1C(c1ccccc1)N2. The van der Waals surface area contributed by atoms with Crippen molar-refractivity contribution in [3.63, 3.8) is 0 Å². The Balaban J connectivity index is 1.74. The molecular formula is C22H27NO. The van der Waals surface area contributed by atoms with Gasteiger partial charge in [-0.05, 0) is 42.4 Å². The summed E-state index contributed by atoms with van der Waals surface area (Å²) in [6, 6.07) is 18.1. The fourth-order valence-corrected chi connectivity index (χ4v) is 4.22. The molecule has 4 unspecified atom stereocenters. The van der Waals surface area contributed by atoms with Crippen LogP contribution in [0, 0.1) is 5.92 Å². The highest BCUT2D eigenvalue weighted by molar-refractivity contribution is 5.58. The molecule has 126 valence electrons. The number of benzene rings is 2. The van der Waals surface area contributed by atoms with Crippen molar-refractivity contribution in [1.29, 1.82) is 0 Å². The quantitative estimate of drug-likeness (QED) is 0.767. The average molecular weight is 321 g/mol.